The molecule has 0 aromatic heterocycles. The first-order valence-electron chi connectivity index (χ1n) is 6.39. The highest BCUT2D eigenvalue weighted by atomic mass is 16.5. The van der Waals surface area contributed by atoms with E-state index < -0.39 is 5.97 Å². The molecule has 20 heavy (non-hydrogen) atoms. The Bertz CT molecular complexity index is 473. The van der Waals surface area contributed by atoms with Crippen molar-refractivity contribution in [1.82, 2.24) is 5.32 Å². The van der Waals surface area contributed by atoms with Gasteiger partial charge in [-0.25, -0.2) is 4.79 Å². The molecule has 0 saturated carbocycles. The minimum absolute atomic E-state index is 0.306. The number of esters is 1. The number of benzene rings is 1. The third-order valence-corrected chi connectivity index (χ3v) is 2.39. The summed E-state index contributed by atoms with van der Waals surface area (Å²) in [7, 11) is 1.47. The van der Waals surface area contributed by atoms with Gasteiger partial charge in [0.1, 0.15) is 0 Å². The van der Waals surface area contributed by atoms with E-state index in [1.807, 2.05) is 13.8 Å². The predicted octanol–water partition coefficient (Wildman–Crippen LogP) is 1.39. The quantitative estimate of drug-likeness (QED) is 0.764. The Morgan fingerprint density at radius 2 is 1.75 bits per heavy atom. The molecule has 110 valence electrons. The minimum Gasteiger partial charge on any atom is -0.490 e. The predicted molar refractivity (Wildman–Crippen MR) is 73.1 cm³/mol. The Balaban J connectivity index is 2.82. The fourth-order valence-corrected chi connectivity index (χ4v) is 1.46. The van der Waals surface area contributed by atoms with Gasteiger partial charge < -0.3 is 19.5 Å². The van der Waals surface area contributed by atoms with E-state index in [1.54, 1.807) is 18.2 Å². The summed E-state index contributed by atoms with van der Waals surface area (Å²) in [6.45, 7) is 4.34. The number of carbonyl (C=O) groups excluding carboxylic acids is 2. The zero-order valence-corrected chi connectivity index (χ0v) is 11.9. The highest BCUT2D eigenvalue weighted by Crippen LogP contribution is 2.28. The van der Waals surface area contributed by atoms with Crippen molar-refractivity contribution in [2.75, 3.05) is 26.9 Å². The van der Waals surface area contributed by atoms with Crippen LogP contribution in [-0.2, 0) is 9.53 Å². The van der Waals surface area contributed by atoms with Gasteiger partial charge in [-0.1, -0.05) is 0 Å². The molecule has 0 fully saturated rings. The summed E-state index contributed by atoms with van der Waals surface area (Å²) in [6.07, 6.45) is 0. The van der Waals surface area contributed by atoms with Crippen molar-refractivity contribution in [3.63, 3.8) is 0 Å². The summed E-state index contributed by atoms with van der Waals surface area (Å²) in [6, 6.07) is 4.76. The van der Waals surface area contributed by atoms with Crippen LogP contribution >= 0.6 is 0 Å². The molecule has 0 bridgehead atoms. The van der Waals surface area contributed by atoms with Crippen LogP contribution < -0.4 is 14.8 Å². The molecule has 1 rings (SSSR count). The van der Waals surface area contributed by atoms with E-state index in [0.29, 0.717) is 30.3 Å². The second-order valence-electron chi connectivity index (χ2n) is 3.78. The second kappa shape index (κ2) is 8.04. The van der Waals surface area contributed by atoms with Gasteiger partial charge in [-0.2, -0.15) is 0 Å². The van der Waals surface area contributed by atoms with Gasteiger partial charge in [0.25, 0.3) is 5.91 Å². The van der Waals surface area contributed by atoms with Crippen molar-refractivity contribution in [2.24, 2.45) is 0 Å². The average molecular weight is 281 g/mol. The first kappa shape index (κ1) is 15.8. The van der Waals surface area contributed by atoms with E-state index in [-0.39, 0.29) is 12.5 Å². The maximum Gasteiger partial charge on any atom is 0.338 e. The molecule has 0 spiro atoms. The largest absolute Gasteiger partial charge is 0.490 e. The molecule has 0 radical (unpaired) electrons. The average Bonchev–Trinajstić information content (AvgIpc) is 2.46. The van der Waals surface area contributed by atoms with Gasteiger partial charge in [0, 0.05) is 7.05 Å². The maximum atomic E-state index is 11.8. The van der Waals surface area contributed by atoms with Crippen LogP contribution in [0.25, 0.3) is 0 Å². The Morgan fingerprint density at radius 1 is 1.10 bits per heavy atom. The molecule has 0 aliphatic heterocycles. The third-order valence-electron chi connectivity index (χ3n) is 2.39. The SMILES string of the molecule is CCOc1ccc(C(=O)OCC(=O)NC)cc1OCC. The molecule has 1 aromatic rings. The van der Waals surface area contributed by atoms with Gasteiger partial charge in [0.2, 0.25) is 0 Å². The molecule has 0 aliphatic rings. The van der Waals surface area contributed by atoms with E-state index in [2.05, 4.69) is 5.32 Å². The van der Waals surface area contributed by atoms with Crippen LogP contribution in [0.3, 0.4) is 0 Å². The van der Waals surface area contributed by atoms with Gasteiger partial charge in [-0.3, -0.25) is 4.79 Å². The summed E-state index contributed by atoms with van der Waals surface area (Å²) in [5.74, 6) is 0.0906. The number of hydrogen-bond acceptors (Lipinski definition) is 5. The standard InChI is InChI=1S/C14H19NO5/c1-4-18-11-7-6-10(8-12(11)19-5-2)14(17)20-9-13(16)15-3/h6-8H,4-5,9H2,1-3H3,(H,15,16). The van der Waals surface area contributed by atoms with E-state index in [0.717, 1.165) is 0 Å². The first-order valence-corrected chi connectivity index (χ1v) is 6.39. The number of hydrogen-bond donors (Lipinski definition) is 1. The highest BCUT2D eigenvalue weighted by Gasteiger charge is 2.13. The normalized spacial score (nSPS) is 9.75. The number of carbonyl (C=O) groups is 2. The van der Waals surface area contributed by atoms with Gasteiger partial charge in [-0.05, 0) is 32.0 Å². The summed E-state index contributed by atoms with van der Waals surface area (Å²) >= 11 is 0. The van der Waals surface area contributed by atoms with Gasteiger partial charge >= 0.3 is 5.97 Å². The van der Waals surface area contributed by atoms with Crippen molar-refractivity contribution in [3.05, 3.63) is 23.8 Å². The molecule has 6 nitrogen and oxygen atoms in total. The van der Waals surface area contributed by atoms with Gasteiger partial charge in [0.05, 0.1) is 18.8 Å². The van der Waals surface area contributed by atoms with Crippen molar-refractivity contribution in [1.29, 1.82) is 0 Å². The van der Waals surface area contributed by atoms with Crippen LogP contribution in [0.5, 0.6) is 11.5 Å². The Kier molecular flexibility index (Phi) is 6.36. The van der Waals surface area contributed by atoms with Crippen LogP contribution in [0.15, 0.2) is 18.2 Å². The molecule has 0 aliphatic carbocycles. The Hall–Kier alpha value is -2.24. The fourth-order valence-electron chi connectivity index (χ4n) is 1.46. The smallest absolute Gasteiger partial charge is 0.338 e. The zero-order valence-electron chi connectivity index (χ0n) is 11.9. The second-order valence-corrected chi connectivity index (χ2v) is 3.78. The lowest BCUT2D eigenvalue weighted by Gasteiger charge is -2.12. The zero-order chi connectivity index (χ0) is 15.0. The summed E-state index contributed by atoms with van der Waals surface area (Å²) in [5, 5.41) is 2.37. The molecule has 0 atom stereocenters. The van der Waals surface area contributed by atoms with Crippen LogP contribution in [0.2, 0.25) is 0 Å². The van der Waals surface area contributed by atoms with E-state index in [1.165, 1.54) is 7.05 Å². The van der Waals surface area contributed by atoms with Crippen LogP contribution in [0.4, 0.5) is 0 Å². The molecule has 0 unspecified atom stereocenters. The minimum atomic E-state index is -0.586. The number of ether oxygens (including phenoxy) is 3. The van der Waals surface area contributed by atoms with Crippen molar-refractivity contribution in [3.8, 4) is 11.5 Å². The Morgan fingerprint density at radius 3 is 2.35 bits per heavy atom. The van der Waals surface area contributed by atoms with Gasteiger partial charge in [-0.15, -0.1) is 0 Å². The fraction of sp³-hybridized carbons (Fsp3) is 0.429. The highest BCUT2D eigenvalue weighted by molar-refractivity contribution is 5.92. The first-order chi connectivity index (χ1) is 9.62. The topological polar surface area (TPSA) is 73.9 Å². The number of nitrogens with one attached hydrogen (secondary N) is 1. The number of amides is 1. The van der Waals surface area contributed by atoms with E-state index in [4.69, 9.17) is 14.2 Å². The number of likely N-dealkylation sites (N-methyl/N-ethyl adjacent to an activating group) is 1. The summed E-state index contributed by atoms with van der Waals surface area (Å²) in [4.78, 5) is 22.8. The van der Waals surface area contributed by atoms with Crippen LogP contribution in [-0.4, -0.2) is 38.7 Å². The van der Waals surface area contributed by atoms with Crippen LogP contribution in [0.1, 0.15) is 24.2 Å². The third kappa shape index (κ3) is 4.46. The van der Waals surface area contributed by atoms with Gasteiger partial charge in [0.15, 0.2) is 18.1 Å². The molecule has 0 saturated heterocycles. The lowest BCUT2D eigenvalue weighted by atomic mass is 10.2. The van der Waals surface area contributed by atoms with E-state index in [9.17, 15) is 9.59 Å². The molecule has 6 heteroatoms. The monoisotopic (exact) mass is 281 g/mol. The lowest BCUT2D eigenvalue weighted by molar-refractivity contribution is -0.123. The van der Waals surface area contributed by atoms with Crippen molar-refractivity contribution in [2.45, 2.75) is 13.8 Å². The Labute approximate surface area is 118 Å². The van der Waals surface area contributed by atoms with E-state index >= 15 is 0 Å². The molecular weight excluding hydrogens is 262 g/mol. The molecule has 1 aromatic carbocycles. The van der Waals surface area contributed by atoms with Crippen molar-refractivity contribution >= 4 is 11.9 Å². The number of rotatable bonds is 7. The maximum absolute atomic E-state index is 11.8. The lowest BCUT2D eigenvalue weighted by Crippen LogP contribution is -2.25. The van der Waals surface area contributed by atoms with Crippen LogP contribution in [0, 0.1) is 0 Å². The molecule has 1 N–H and O–H groups in total. The van der Waals surface area contributed by atoms with Crippen molar-refractivity contribution < 1.29 is 23.8 Å². The molecule has 1 amide bonds. The summed E-state index contributed by atoms with van der Waals surface area (Å²) < 4.78 is 15.7. The molecule has 0 heterocycles. The summed E-state index contributed by atoms with van der Waals surface area (Å²) in [5.41, 5.74) is 0.306. The molecular formula is C14H19NO5.